The van der Waals surface area contributed by atoms with Gasteiger partial charge in [-0.15, -0.1) is 11.3 Å². The lowest BCUT2D eigenvalue weighted by Crippen LogP contribution is -2.17. The van der Waals surface area contributed by atoms with Crippen molar-refractivity contribution in [2.24, 2.45) is 0 Å². The predicted molar refractivity (Wildman–Crippen MR) is 123 cm³/mol. The molecule has 0 aliphatic carbocycles. The fourth-order valence-electron chi connectivity index (χ4n) is 2.88. The van der Waals surface area contributed by atoms with Crippen LogP contribution in [0.5, 0.6) is 0 Å². The summed E-state index contributed by atoms with van der Waals surface area (Å²) < 4.78 is 53.5. The van der Waals surface area contributed by atoms with E-state index < -0.39 is 23.5 Å². The molecule has 33 heavy (non-hydrogen) atoms. The number of thiocarbonyl (C=S) groups is 1. The van der Waals surface area contributed by atoms with Crippen molar-refractivity contribution in [2.45, 2.75) is 6.18 Å². The van der Waals surface area contributed by atoms with Crippen molar-refractivity contribution in [3.05, 3.63) is 75.3 Å². The largest absolute Gasteiger partial charge is 0.419 e. The van der Waals surface area contributed by atoms with Crippen LogP contribution in [-0.4, -0.2) is 21.1 Å². The molecule has 2 heterocycles. The van der Waals surface area contributed by atoms with E-state index in [4.69, 9.17) is 12.2 Å². The van der Waals surface area contributed by atoms with Crippen LogP contribution in [0.2, 0.25) is 0 Å². The molecule has 168 valence electrons. The molecule has 1 saturated heterocycles. The number of amides is 2. The Bertz CT molecular complexity index is 1300. The van der Waals surface area contributed by atoms with Gasteiger partial charge in [0.25, 0.3) is 11.8 Å². The summed E-state index contributed by atoms with van der Waals surface area (Å²) in [6.07, 6.45) is -3.20. The maximum absolute atomic E-state index is 14.3. The summed E-state index contributed by atoms with van der Waals surface area (Å²) in [7, 11) is 0. The Morgan fingerprint density at radius 1 is 1.15 bits per heavy atom. The minimum atomic E-state index is -4.83. The SMILES string of the molecule is O=C1NC(=S)SC1=Cc1ccc(C(=O)Nc2nc(-c3cccc(C(F)(F)F)c3F)cs2)cc1. The molecule has 0 unspecified atom stereocenters. The number of thioether (sulfide) groups is 1. The molecule has 3 aromatic rings. The first-order chi connectivity index (χ1) is 15.6. The van der Waals surface area contributed by atoms with Gasteiger partial charge in [-0.25, -0.2) is 9.37 Å². The summed E-state index contributed by atoms with van der Waals surface area (Å²) in [6.45, 7) is 0. The van der Waals surface area contributed by atoms with Gasteiger partial charge in [-0.2, -0.15) is 13.2 Å². The van der Waals surface area contributed by atoms with Gasteiger partial charge in [-0.1, -0.05) is 42.2 Å². The average molecular weight is 510 g/mol. The zero-order valence-corrected chi connectivity index (χ0v) is 18.6. The van der Waals surface area contributed by atoms with Crippen LogP contribution in [-0.2, 0) is 11.0 Å². The Morgan fingerprint density at radius 3 is 2.52 bits per heavy atom. The summed E-state index contributed by atoms with van der Waals surface area (Å²) >= 11 is 7.03. The number of nitrogens with one attached hydrogen (secondary N) is 2. The number of hydrogen-bond acceptors (Lipinski definition) is 6. The van der Waals surface area contributed by atoms with Crippen LogP contribution in [0, 0.1) is 5.82 Å². The quantitative estimate of drug-likeness (QED) is 0.268. The van der Waals surface area contributed by atoms with Crippen LogP contribution in [0.15, 0.2) is 52.7 Å². The van der Waals surface area contributed by atoms with Crippen molar-refractivity contribution >= 4 is 62.7 Å². The molecule has 5 nitrogen and oxygen atoms in total. The fraction of sp³-hybridized carbons (Fsp3) is 0.0476. The third-order valence-electron chi connectivity index (χ3n) is 4.42. The molecule has 12 heteroatoms. The van der Waals surface area contributed by atoms with E-state index in [1.807, 2.05) is 0 Å². The number of carbonyl (C=O) groups is 2. The molecule has 2 aromatic carbocycles. The van der Waals surface area contributed by atoms with Gasteiger partial charge in [-0.05, 0) is 35.9 Å². The molecule has 1 fully saturated rings. The molecule has 4 rings (SSSR count). The van der Waals surface area contributed by atoms with E-state index in [0.29, 0.717) is 20.9 Å². The molecule has 2 N–H and O–H groups in total. The average Bonchev–Trinajstić information content (AvgIpc) is 3.33. The maximum atomic E-state index is 14.3. The van der Waals surface area contributed by atoms with E-state index in [1.54, 1.807) is 30.3 Å². The third-order valence-corrected chi connectivity index (χ3v) is 6.34. The number of benzene rings is 2. The minimum absolute atomic E-state index is 0.0221. The normalized spacial score (nSPS) is 15.1. The van der Waals surface area contributed by atoms with Crippen LogP contribution in [0.4, 0.5) is 22.7 Å². The summed E-state index contributed by atoms with van der Waals surface area (Å²) in [5.41, 5.74) is -0.744. The van der Waals surface area contributed by atoms with Gasteiger partial charge in [0.05, 0.1) is 16.2 Å². The summed E-state index contributed by atoms with van der Waals surface area (Å²) in [6, 6.07) is 9.30. The van der Waals surface area contributed by atoms with E-state index in [9.17, 15) is 27.2 Å². The van der Waals surface area contributed by atoms with E-state index in [2.05, 4.69) is 15.6 Å². The van der Waals surface area contributed by atoms with Gasteiger partial charge in [-0.3, -0.25) is 14.9 Å². The molecular formula is C21H11F4N3O2S3. The number of alkyl halides is 3. The monoisotopic (exact) mass is 509 g/mol. The van der Waals surface area contributed by atoms with Gasteiger partial charge in [0.2, 0.25) is 0 Å². The molecule has 0 spiro atoms. The number of rotatable bonds is 4. The second-order valence-electron chi connectivity index (χ2n) is 6.63. The Kier molecular flexibility index (Phi) is 6.32. The molecule has 2 amide bonds. The number of thiazole rings is 1. The summed E-state index contributed by atoms with van der Waals surface area (Å²) in [4.78, 5) is 28.7. The van der Waals surface area contributed by atoms with Crippen molar-refractivity contribution < 1.29 is 27.2 Å². The first kappa shape index (κ1) is 23.1. The highest BCUT2D eigenvalue weighted by Gasteiger charge is 2.35. The van der Waals surface area contributed by atoms with E-state index in [-0.39, 0.29) is 27.9 Å². The Balaban J connectivity index is 1.48. The molecule has 0 bridgehead atoms. The Morgan fingerprint density at radius 2 is 1.88 bits per heavy atom. The smallest absolute Gasteiger partial charge is 0.307 e. The minimum Gasteiger partial charge on any atom is -0.307 e. The number of anilines is 1. The standard InChI is InChI=1S/C21H11F4N3O2S3/c22-16-12(2-1-3-13(16)21(23,24)25)14-9-32-19(26-14)27-17(29)11-6-4-10(5-7-11)8-15-18(30)28-20(31)33-15/h1-9H,(H,26,27,29)(H,28,30,31). The van der Waals surface area contributed by atoms with Crippen LogP contribution in [0.25, 0.3) is 17.3 Å². The van der Waals surface area contributed by atoms with Gasteiger partial charge in [0, 0.05) is 16.5 Å². The maximum Gasteiger partial charge on any atom is 0.419 e. The van der Waals surface area contributed by atoms with Crippen LogP contribution in [0.1, 0.15) is 21.5 Å². The van der Waals surface area contributed by atoms with Crippen LogP contribution >= 0.6 is 35.3 Å². The zero-order valence-electron chi connectivity index (χ0n) is 16.2. The van der Waals surface area contributed by atoms with E-state index >= 15 is 0 Å². The number of aromatic nitrogens is 1. The second-order valence-corrected chi connectivity index (χ2v) is 9.21. The highest BCUT2D eigenvalue weighted by atomic mass is 32.2. The van der Waals surface area contributed by atoms with Crippen LogP contribution in [0.3, 0.4) is 0 Å². The van der Waals surface area contributed by atoms with Crippen molar-refractivity contribution in [1.82, 2.24) is 10.3 Å². The molecule has 1 aliphatic rings. The Hall–Kier alpha value is -3.09. The molecule has 0 saturated carbocycles. The molecule has 0 atom stereocenters. The topological polar surface area (TPSA) is 71.1 Å². The fourth-order valence-corrected chi connectivity index (χ4v) is 4.63. The lowest BCUT2D eigenvalue weighted by molar-refractivity contribution is -0.139. The number of hydrogen-bond donors (Lipinski definition) is 2. The van der Waals surface area contributed by atoms with E-state index in [1.165, 1.54) is 11.4 Å². The highest BCUT2D eigenvalue weighted by Crippen LogP contribution is 2.36. The molecule has 0 radical (unpaired) electrons. The first-order valence-corrected chi connectivity index (χ1v) is 11.2. The van der Waals surface area contributed by atoms with Gasteiger partial charge in [0.1, 0.15) is 10.1 Å². The van der Waals surface area contributed by atoms with Crippen molar-refractivity contribution in [1.29, 1.82) is 0 Å². The van der Waals surface area contributed by atoms with Crippen molar-refractivity contribution in [2.75, 3.05) is 5.32 Å². The first-order valence-electron chi connectivity index (χ1n) is 9.09. The summed E-state index contributed by atoms with van der Waals surface area (Å²) in [5.74, 6) is -2.22. The lowest BCUT2D eigenvalue weighted by Gasteiger charge is -2.09. The highest BCUT2D eigenvalue weighted by molar-refractivity contribution is 8.26. The third kappa shape index (κ3) is 5.13. The number of carbonyl (C=O) groups excluding carboxylic acids is 2. The van der Waals surface area contributed by atoms with Gasteiger partial charge < -0.3 is 5.32 Å². The van der Waals surface area contributed by atoms with Gasteiger partial charge in [0.15, 0.2) is 5.13 Å². The predicted octanol–water partition coefficient (Wildman–Crippen LogP) is 5.71. The molecular weight excluding hydrogens is 498 g/mol. The second kappa shape index (κ2) is 9.04. The van der Waals surface area contributed by atoms with Crippen molar-refractivity contribution in [3.63, 3.8) is 0 Å². The van der Waals surface area contributed by atoms with Crippen molar-refractivity contribution in [3.8, 4) is 11.3 Å². The van der Waals surface area contributed by atoms with E-state index in [0.717, 1.165) is 29.2 Å². The summed E-state index contributed by atoms with van der Waals surface area (Å²) in [5, 5.41) is 6.51. The number of halogens is 4. The zero-order chi connectivity index (χ0) is 23.8. The van der Waals surface area contributed by atoms with Gasteiger partial charge >= 0.3 is 6.18 Å². The Labute approximate surface area is 197 Å². The molecule has 1 aromatic heterocycles. The number of nitrogens with zero attached hydrogens (tertiary/aromatic N) is 1. The molecule has 1 aliphatic heterocycles. The lowest BCUT2D eigenvalue weighted by atomic mass is 10.1. The van der Waals surface area contributed by atoms with Crippen LogP contribution < -0.4 is 10.6 Å².